The van der Waals surface area contributed by atoms with Crippen LogP contribution >= 0.6 is 0 Å². The zero-order valence-electron chi connectivity index (χ0n) is 13.6. The van der Waals surface area contributed by atoms with Crippen LogP contribution in [0, 0.1) is 0 Å². The maximum absolute atomic E-state index is 12.2. The van der Waals surface area contributed by atoms with Gasteiger partial charge < -0.3 is 9.47 Å². The molecule has 0 aliphatic heterocycles. The van der Waals surface area contributed by atoms with Crippen LogP contribution in [0.5, 0.6) is 0 Å². The monoisotopic (exact) mass is 378 g/mol. The molecule has 0 aromatic heterocycles. The van der Waals surface area contributed by atoms with Crippen LogP contribution < -0.4 is 0 Å². The van der Waals surface area contributed by atoms with Gasteiger partial charge in [0.1, 0.15) is 0 Å². The Morgan fingerprint density at radius 2 is 1.32 bits per heavy atom. The Bertz CT molecular complexity index is 428. The number of halogens is 6. The molecule has 0 spiro atoms. The average Bonchev–Trinajstić information content (AvgIpc) is 2.47. The maximum atomic E-state index is 12.2. The molecule has 25 heavy (non-hydrogen) atoms. The molecule has 0 aromatic rings. The molecule has 0 saturated carbocycles. The predicted octanol–water partition coefficient (Wildman–Crippen LogP) is 4.48. The molecule has 0 aromatic carbocycles. The molecule has 146 valence electrons. The SMILES string of the molecule is CCCCCCCCOC(=O)C=CC(=O)OC(C(F)(F)F)C(F)(F)F. The summed E-state index contributed by atoms with van der Waals surface area (Å²) in [5.41, 5.74) is 0. The van der Waals surface area contributed by atoms with E-state index in [0.29, 0.717) is 12.5 Å². The van der Waals surface area contributed by atoms with Gasteiger partial charge in [-0.15, -0.1) is 0 Å². The van der Waals surface area contributed by atoms with E-state index in [1.807, 2.05) is 0 Å². The lowest BCUT2D eigenvalue weighted by Crippen LogP contribution is -2.45. The summed E-state index contributed by atoms with van der Waals surface area (Å²) in [6.07, 6.45) is -9.70. The number of carbonyl (C=O) groups is 2. The number of carbonyl (C=O) groups excluding carboxylic acids is 2. The van der Waals surface area contributed by atoms with Crippen LogP contribution in [-0.2, 0) is 19.1 Å². The Balaban J connectivity index is 4.21. The van der Waals surface area contributed by atoms with E-state index in [4.69, 9.17) is 0 Å². The van der Waals surface area contributed by atoms with Crippen molar-refractivity contribution in [1.29, 1.82) is 0 Å². The number of hydrogen-bond donors (Lipinski definition) is 0. The highest BCUT2D eigenvalue weighted by atomic mass is 19.4. The Labute approximate surface area is 141 Å². The van der Waals surface area contributed by atoms with Crippen LogP contribution in [0.1, 0.15) is 45.4 Å². The summed E-state index contributed by atoms with van der Waals surface area (Å²) < 4.78 is 81.1. The quantitative estimate of drug-likeness (QED) is 0.243. The largest absolute Gasteiger partial charge is 0.463 e. The predicted molar refractivity (Wildman–Crippen MR) is 75.5 cm³/mol. The van der Waals surface area contributed by atoms with Crippen molar-refractivity contribution < 1.29 is 45.4 Å². The van der Waals surface area contributed by atoms with Crippen molar-refractivity contribution in [3.05, 3.63) is 12.2 Å². The average molecular weight is 378 g/mol. The second-order valence-electron chi connectivity index (χ2n) is 5.17. The minimum absolute atomic E-state index is 0.0398. The van der Waals surface area contributed by atoms with E-state index in [-0.39, 0.29) is 12.7 Å². The molecule has 0 aliphatic carbocycles. The minimum Gasteiger partial charge on any atom is -0.463 e. The smallest absolute Gasteiger partial charge is 0.434 e. The fourth-order valence-corrected chi connectivity index (χ4v) is 1.71. The van der Waals surface area contributed by atoms with Crippen LogP contribution in [0.4, 0.5) is 26.3 Å². The number of alkyl halides is 6. The Hall–Kier alpha value is -1.74. The topological polar surface area (TPSA) is 52.6 Å². The van der Waals surface area contributed by atoms with Crippen LogP contribution in [0.3, 0.4) is 0 Å². The first kappa shape index (κ1) is 23.3. The fourth-order valence-electron chi connectivity index (χ4n) is 1.71. The van der Waals surface area contributed by atoms with Gasteiger partial charge in [0.25, 0.3) is 6.10 Å². The molecule has 0 radical (unpaired) electrons. The van der Waals surface area contributed by atoms with E-state index >= 15 is 0 Å². The molecule has 0 aliphatic rings. The third kappa shape index (κ3) is 11.4. The summed E-state index contributed by atoms with van der Waals surface area (Å²) in [4.78, 5) is 22.2. The van der Waals surface area contributed by atoms with Crippen molar-refractivity contribution in [2.75, 3.05) is 6.61 Å². The number of rotatable bonds is 10. The van der Waals surface area contributed by atoms with Crippen molar-refractivity contribution in [2.24, 2.45) is 0 Å². The molecule has 4 nitrogen and oxygen atoms in total. The van der Waals surface area contributed by atoms with Gasteiger partial charge in [-0.05, 0) is 6.42 Å². The lowest BCUT2D eigenvalue weighted by molar-refractivity contribution is -0.312. The van der Waals surface area contributed by atoms with Crippen molar-refractivity contribution in [1.82, 2.24) is 0 Å². The minimum atomic E-state index is -5.81. The molecule has 0 rings (SSSR count). The fraction of sp³-hybridized carbons (Fsp3) is 0.733. The summed E-state index contributed by atoms with van der Waals surface area (Å²) in [6, 6.07) is 0. The second-order valence-corrected chi connectivity index (χ2v) is 5.17. The summed E-state index contributed by atoms with van der Waals surface area (Å²) >= 11 is 0. The molecule has 0 N–H and O–H groups in total. The molecule has 0 heterocycles. The van der Waals surface area contributed by atoms with Gasteiger partial charge in [0, 0.05) is 12.2 Å². The first-order valence-corrected chi connectivity index (χ1v) is 7.67. The van der Waals surface area contributed by atoms with Crippen molar-refractivity contribution >= 4 is 11.9 Å². The normalized spacial score (nSPS) is 12.6. The van der Waals surface area contributed by atoms with Gasteiger partial charge in [-0.3, -0.25) is 0 Å². The van der Waals surface area contributed by atoms with Gasteiger partial charge in [0.2, 0.25) is 0 Å². The first-order valence-electron chi connectivity index (χ1n) is 7.67. The molecule has 0 atom stereocenters. The molecule has 0 bridgehead atoms. The summed E-state index contributed by atoms with van der Waals surface area (Å²) in [6.45, 7) is 2.10. The Morgan fingerprint density at radius 1 is 0.840 bits per heavy atom. The van der Waals surface area contributed by atoms with Gasteiger partial charge in [0.05, 0.1) is 6.61 Å². The van der Waals surface area contributed by atoms with Crippen LogP contribution in [0.15, 0.2) is 12.2 Å². The summed E-state index contributed by atoms with van der Waals surface area (Å²) in [5.74, 6) is -3.00. The molecule has 0 fully saturated rings. The molecule has 0 amide bonds. The van der Waals surface area contributed by atoms with Crippen molar-refractivity contribution in [2.45, 2.75) is 63.9 Å². The van der Waals surface area contributed by atoms with Gasteiger partial charge in [-0.25, -0.2) is 9.59 Å². The van der Waals surface area contributed by atoms with E-state index in [0.717, 1.165) is 32.1 Å². The standard InChI is InChI=1S/C15H20F6O4/c1-2-3-4-5-6-7-10-24-11(22)8-9-12(23)25-13(14(16,17)18)15(19,20)21/h8-9,13H,2-7,10H2,1H3. The molecule has 0 unspecified atom stereocenters. The Morgan fingerprint density at radius 3 is 1.84 bits per heavy atom. The van der Waals surface area contributed by atoms with E-state index in [1.165, 1.54) is 0 Å². The number of ether oxygens (including phenoxy) is 2. The molecular weight excluding hydrogens is 358 g/mol. The van der Waals surface area contributed by atoms with Gasteiger partial charge in [-0.2, -0.15) is 26.3 Å². The first-order chi connectivity index (χ1) is 11.5. The molecule has 0 saturated heterocycles. The maximum Gasteiger partial charge on any atom is 0.434 e. The number of unbranched alkanes of at least 4 members (excludes halogenated alkanes) is 5. The summed E-state index contributed by atoms with van der Waals surface area (Å²) in [5, 5.41) is 0. The Kier molecular flexibility index (Phi) is 10.2. The highest BCUT2D eigenvalue weighted by Crippen LogP contribution is 2.35. The molecular formula is C15H20F6O4. The van der Waals surface area contributed by atoms with E-state index < -0.39 is 30.4 Å². The van der Waals surface area contributed by atoms with Crippen LogP contribution in [-0.4, -0.2) is 37.0 Å². The molecule has 10 heteroatoms. The highest BCUT2D eigenvalue weighted by molar-refractivity contribution is 5.91. The van der Waals surface area contributed by atoms with Gasteiger partial charge in [0.15, 0.2) is 0 Å². The van der Waals surface area contributed by atoms with Crippen LogP contribution in [0.25, 0.3) is 0 Å². The highest BCUT2D eigenvalue weighted by Gasteiger charge is 2.59. The van der Waals surface area contributed by atoms with Crippen molar-refractivity contribution in [3.8, 4) is 0 Å². The lowest BCUT2D eigenvalue weighted by atomic mass is 10.1. The van der Waals surface area contributed by atoms with Gasteiger partial charge >= 0.3 is 24.3 Å². The summed E-state index contributed by atoms with van der Waals surface area (Å²) in [7, 11) is 0. The van der Waals surface area contributed by atoms with Crippen LogP contribution in [0.2, 0.25) is 0 Å². The van der Waals surface area contributed by atoms with E-state index in [9.17, 15) is 35.9 Å². The van der Waals surface area contributed by atoms with E-state index in [1.54, 1.807) is 0 Å². The number of hydrogen-bond acceptors (Lipinski definition) is 4. The van der Waals surface area contributed by atoms with E-state index in [2.05, 4.69) is 16.4 Å². The number of esters is 2. The third-order valence-electron chi connectivity index (χ3n) is 2.93. The zero-order chi connectivity index (χ0) is 19.5. The second kappa shape index (κ2) is 11.0. The lowest BCUT2D eigenvalue weighted by Gasteiger charge is -2.22. The zero-order valence-corrected chi connectivity index (χ0v) is 13.6. The van der Waals surface area contributed by atoms with Gasteiger partial charge in [-0.1, -0.05) is 39.0 Å². The van der Waals surface area contributed by atoms with Crippen molar-refractivity contribution in [3.63, 3.8) is 0 Å². The third-order valence-corrected chi connectivity index (χ3v) is 2.93.